The molecule has 6 heterocycles. The molecule has 2 saturated heterocycles. The molecule has 2 amide bonds. The van der Waals surface area contributed by atoms with Crippen LogP contribution < -0.4 is 38.5 Å². The molecule has 0 N–H and O–H groups in total. The molecule has 378 valence electrons. The number of carbonyl (C=O) groups is 2. The number of rotatable bonds is 14. The van der Waals surface area contributed by atoms with Crippen molar-refractivity contribution in [3.05, 3.63) is 155 Å². The molecule has 0 radical (unpaired) electrons. The smallest absolute Gasteiger partial charge is 0.259 e. The lowest BCUT2D eigenvalue weighted by atomic mass is 9.90. The van der Waals surface area contributed by atoms with E-state index in [1.165, 1.54) is 0 Å². The van der Waals surface area contributed by atoms with Gasteiger partial charge in [0.25, 0.3) is 11.8 Å². The Bertz CT molecular complexity index is 2820. The minimum absolute atomic E-state index is 0.0374. The topological polar surface area (TPSA) is 164 Å². The number of amides is 2. The van der Waals surface area contributed by atoms with Crippen LogP contribution in [0, 0.1) is 22.7 Å². The summed E-state index contributed by atoms with van der Waals surface area (Å²) in [5.74, 6) is 3.76. The van der Waals surface area contributed by atoms with Crippen molar-refractivity contribution in [3.63, 3.8) is 0 Å². The molecule has 4 aliphatic heterocycles. The lowest BCUT2D eigenvalue weighted by Crippen LogP contribution is -2.53. The highest BCUT2D eigenvalue weighted by molar-refractivity contribution is 6.06. The van der Waals surface area contributed by atoms with Crippen molar-refractivity contribution in [2.45, 2.75) is 38.8 Å². The van der Waals surface area contributed by atoms with E-state index >= 15 is 0 Å². The molecule has 0 bridgehead atoms. The van der Waals surface area contributed by atoms with E-state index in [1.54, 1.807) is 70.7 Å². The van der Waals surface area contributed by atoms with Gasteiger partial charge in [-0.2, -0.15) is 10.5 Å². The molecule has 4 aromatic carbocycles. The first-order valence-corrected chi connectivity index (χ1v) is 25.5. The summed E-state index contributed by atoms with van der Waals surface area (Å²) >= 11 is 0. The standard InChI is InChI=1S/C58H60N10O6/c1-40(38-67(51-8-4-6-22-61-51)57(69)45-14-10-43(36-59)11-15-45)63-24-28-65(29-25-63)49-20-18-47(53-55(49)73-34-32-71-53)42(3)48-19-21-50(56-54(48)72-33-35-74-56)66-30-26-64(27-31-66)41(2)39-68(52-9-5-7-23-62-52)58(70)46-16-12-44(37-60)13-17-46/h4-23,40-42H,24-35,38-39H2,1-3H3/t40-,41?,42?/m0/s1. The number of hydrogen-bond donors (Lipinski definition) is 0. The molecular formula is C58H60N10O6. The fourth-order valence-corrected chi connectivity index (χ4v) is 10.5. The van der Waals surface area contributed by atoms with Gasteiger partial charge in [0.05, 0.1) is 34.6 Å². The van der Waals surface area contributed by atoms with Gasteiger partial charge in [0, 0.05) is 118 Å². The van der Waals surface area contributed by atoms with Gasteiger partial charge < -0.3 is 28.7 Å². The molecule has 74 heavy (non-hydrogen) atoms. The Morgan fingerprint density at radius 3 is 1.24 bits per heavy atom. The molecule has 2 unspecified atom stereocenters. The normalized spacial score (nSPS) is 16.8. The number of nitrogens with zero attached hydrogens (tertiary/aromatic N) is 10. The van der Waals surface area contributed by atoms with Gasteiger partial charge >= 0.3 is 0 Å². The van der Waals surface area contributed by atoms with E-state index < -0.39 is 0 Å². The summed E-state index contributed by atoms with van der Waals surface area (Å²) in [6.07, 6.45) is 3.40. The molecule has 2 fully saturated rings. The van der Waals surface area contributed by atoms with Crippen LogP contribution in [0.15, 0.2) is 122 Å². The maximum absolute atomic E-state index is 13.9. The third-order valence-electron chi connectivity index (χ3n) is 14.6. The van der Waals surface area contributed by atoms with E-state index in [2.05, 4.69) is 86.7 Å². The molecule has 0 saturated carbocycles. The van der Waals surface area contributed by atoms with Gasteiger partial charge in [-0.3, -0.25) is 29.2 Å². The number of nitriles is 2. The SMILES string of the molecule is CC(c1ccc(N2CCN(C(C)CN(C(=O)c3ccc(C#N)cc3)c3ccccn3)CC2)c2c1OCCO2)c1ccc(N2CCN([C@@H](C)CN(C(=O)c3ccc(C#N)cc3)c3ccccn3)CC2)c2c1OCCO2. The van der Waals surface area contributed by atoms with E-state index in [1.807, 2.05) is 36.4 Å². The van der Waals surface area contributed by atoms with Crippen molar-refractivity contribution < 1.29 is 28.5 Å². The van der Waals surface area contributed by atoms with Gasteiger partial charge in [-0.15, -0.1) is 0 Å². The summed E-state index contributed by atoms with van der Waals surface area (Å²) in [6, 6.07) is 37.6. The molecule has 16 nitrogen and oxygen atoms in total. The number of pyridine rings is 2. The highest BCUT2D eigenvalue weighted by atomic mass is 16.6. The summed E-state index contributed by atoms with van der Waals surface area (Å²) < 4.78 is 25.9. The van der Waals surface area contributed by atoms with E-state index in [0.29, 0.717) is 73.4 Å². The van der Waals surface area contributed by atoms with Gasteiger partial charge in [-0.05, 0) is 98.8 Å². The summed E-state index contributed by atoms with van der Waals surface area (Å²) in [5.41, 5.74) is 6.05. The molecule has 4 aliphatic rings. The van der Waals surface area contributed by atoms with Crippen LogP contribution in [-0.2, 0) is 0 Å². The zero-order valence-electron chi connectivity index (χ0n) is 42.1. The Labute approximate surface area is 432 Å². The molecule has 10 rings (SSSR count). The highest BCUT2D eigenvalue weighted by Gasteiger charge is 2.34. The number of fused-ring (bicyclic) bond motifs is 2. The predicted molar refractivity (Wildman–Crippen MR) is 283 cm³/mol. The second-order valence-corrected chi connectivity index (χ2v) is 19.1. The Balaban J connectivity index is 0.805. The van der Waals surface area contributed by atoms with Crippen molar-refractivity contribution in [1.82, 2.24) is 19.8 Å². The number of ether oxygens (including phenoxy) is 4. The van der Waals surface area contributed by atoms with Gasteiger partial charge in [-0.25, -0.2) is 9.97 Å². The predicted octanol–water partition coefficient (Wildman–Crippen LogP) is 7.63. The maximum Gasteiger partial charge on any atom is 0.259 e. The number of hydrogen-bond acceptors (Lipinski definition) is 14. The zero-order chi connectivity index (χ0) is 51.1. The largest absolute Gasteiger partial charge is 0.486 e. The van der Waals surface area contributed by atoms with Crippen molar-refractivity contribution in [2.24, 2.45) is 0 Å². The summed E-state index contributed by atoms with van der Waals surface area (Å²) in [4.78, 5) is 49.9. The van der Waals surface area contributed by atoms with Crippen molar-refractivity contribution >= 4 is 34.8 Å². The Morgan fingerprint density at radius 2 is 0.892 bits per heavy atom. The second kappa shape index (κ2) is 22.3. The molecule has 6 aromatic rings. The average molecular weight is 993 g/mol. The molecular weight excluding hydrogens is 933 g/mol. The minimum Gasteiger partial charge on any atom is -0.486 e. The van der Waals surface area contributed by atoms with E-state index in [0.717, 1.165) is 97.9 Å². The molecule has 16 heteroatoms. The third-order valence-corrected chi connectivity index (χ3v) is 14.6. The van der Waals surface area contributed by atoms with Crippen molar-refractivity contribution in [1.29, 1.82) is 10.5 Å². The first kappa shape index (κ1) is 49.4. The molecule has 2 aromatic heterocycles. The first-order valence-electron chi connectivity index (χ1n) is 25.5. The van der Waals surface area contributed by atoms with E-state index in [-0.39, 0.29) is 29.8 Å². The number of aromatic nitrogens is 2. The summed E-state index contributed by atoms with van der Waals surface area (Å²) in [7, 11) is 0. The average Bonchev–Trinajstić information content (AvgIpc) is 3.47. The zero-order valence-corrected chi connectivity index (χ0v) is 42.1. The third kappa shape index (κ3) is 10.4. The van der Waals surface area contributed by atoms with Crippen LogP contribution in [-0.4, -0.2) is 136 Å². The Kier molecular flexibility index (Phi) is 14.9. The summed E-state index contributed by atoms with van der Waals surface area (Å²) in [5, 5.41) is 18.6. The van der Waals surface area contributed by atoms with Crippen LogP contribution in [0.2, 0.25) is 0 Å². The highest BCUT2D eigenvalue weighted by Crippen LogP contribution is 2.51. The monoisotopic (exact) mass is 992 g/mol. The molecule has 3 atom stereocenters. The van der Waals surface area contributed by atoms with Gasteiger partial charge in [-0.1, -0.05) is 31.2 Å². The van der Waals surface area contributed by atoms with E-state index in [4.69, 9.17) is 18.9 Å². The van der Waals surface area contributed by atoms with Crippen molar-refractivity contribution in [2.75, 3.05) is 111 Å². The van der Waals surface area contributed by atoms with Crippen molar-refractivity contribution in [3.8, 4) is 35.1 Å². The van der Waals surface area contributed by atoms with Crippen LogP contribution in [0.5, 0.6) is 23.0 Å². The molecule has 0 aliphatic carbocycles. The lowest BCUT2D eigenvalue weighted by molar-refractivity contribution is 0.0966. The van der Waals surface area contributed by atoms with Crippen LogP contribution >= 0.6 is 0 Å². The second-order valence-electron chi connectivity index (χ2n) is 19.1. The number of piperazine rings is 2. The van der Waals surface area contributed by atoms with Crippen LogP contribution in [0.3, 0.4) is 0 Å². The fraction of sp³-hybridized carbons (Fsp3) is 0.345. The van der Waals surface area contributed by atoms with Crippen LogP contribution in [0.1, 0.15) is 69.7 Å². The van der Waals surface area contributed by atoms with E-state index in [9.17, 15) is 20.1 Å². The lowest BCUT2D eigenvalue weighted by Gasteiger charge is -2.41. The minimum atomic E-state index is -0.160. The van der Waals surface area contributed by atoms with Crippen LogP contribution in [0.4, 0.5) is 23.0 Å². The molecule has 0 spiro atoms. The maximum atomic E-state index is 13.9. The quantitative estimate of drug-likeness (QED) is 0.105. The van der Waals surface area contributed by atoms with Gasteiger partial charge in [0.2, 0.25) is 0 Å². The fourth-order valence-electron chi connectivity index (χ4n) is 10.5. The number of anilines is 4. The summed E-state index contributed by atoms with van der Waals surface area (Å²) in [6.45, 7) is 15.4. The van der Waals surface area contributed by atoms with Gasteiger partial charge in [0.1, 0.15) is 38.1 Å². The first-order chi connectivity index (χ1) is 36.2. The number of benzene rings is 4. The Hall–Kier alpha value is -8.18. The Morgan fingerprint density at radius 1 is 0.514 bits per heavy atom. The van der Waals surface area contributed by atoms with Crippen LogP contribution in [0.25, 0.3) is 0 Å². The number of carbonyl (C=O) groups excluding carboxylic acids is 2. The van der Waals surface area contributed by atoms with Gasteiger partial charge in [0.15, 0.2) is 23.0 Å².